The van der Waals surface area contributed by atoms with Crippen LogP contribution in [0.2, 0.25) is 0 Å². The molecule has 5 rings (SSSR count). The minimum Gasteiger partial charge on any atom is -0.349 e. The second kappa shape index (κ2) is 9.58. The van der Waals surface area contributed by atoms with Gasteiger partial charge in [-0.2, -0.15) is 0 Å². The van der Waals surface area contributed by atoms with E-state index >= 15 is 0 Å². The first-order valence-corrected chi connectivity index (χ1v) is 12.5. The van der Waals surface area contributed by atoms with Crippen LogP contribution in [-0.2, 0) is 37.4 Å². The van der Waals surface area contributed by atoms with E-state index in [9.17, 15) is 4.79 Å². The predicted molar refractivity (Wildman–Crippen MR) is 135 cm³/mol. The zero-order chi connectivity index (χ0) is 23.7. The number of amides is 1. The lowest BCUT2D eigenvalue weighted by atomic mass is 10.1. The third-order valence-electron chi connectivity index (χ3n) is 7.24. The number of aryl methyl sites for hydroxylation is 1. The van der Waals surface area contributed by atoms with Crippen molar-refractivity contribution in [1.29, 1.82) is 0 Å². The number of hydrogen-bond acceptors (Lipinski definition) is 4. The Bertz CT molecular complexity index is 1320. The minimum absolute atomic E-state index is 0.0192. The number of carbonyl (C=O) groups is 1. The van der Waals surface area contributed by atoms with Crippen molar-refractivity contribution in [3.63, 3.8) is 0 Å². The molecule has 7 heteroatoms. The van der Waals surface area contributed by atoms with Crippen molar-refractivity contribution in [2.75, 3.05) is 13.1 Å². The van der Waals surface area contributed by atoms with Crippen LogP contribution in [0, 0.1) is 5.92 Å². The normalized spacial score (nSPS) is 15.4. The third kappa shape index (κ3) is 4.20. The number of rotatable bonds is 7. The monoisotopic (exact) mass is 458 g/mol. The van der Waals surface area contributed by atoms with E-state index in [0.717, 1.165) is 57.2 Å². The van der Waals surface area contributed by atoms with Crippen molar-refractivity contribution in [1.82, 2.24) is 29.5 Å². The fourth-order valence-corrected chi connectivity index (χ4v) is 5.04. The van der Waals surface area contributed by atoms with Gasteiger partial charge < -0.3 is 14.5 Å². The largest absolute Gasteiger partial charge is 0.349 e. The zero-order valence-electron chi connectivity index (χ0n) is 20.4. The van der Waals surface area contributed by atoms with Crippen molar-refractivity contribution in [2.24, 2.45) is 5.92 Å². The Morgan fingerprint density at radius 1 is 1.03 bits per heavy atom. The van der Waals surface area contributed by atoms with E-state index in [-0.39, 0.29) is 11.8 Å². The van der Waals surface area contributed by atoms with E-state index < -0.39 is 0 Å². The standard InChI is InChI=1S/C27H34N6O/c1-4-19(3)27(34)28-17-26-30-29-25-12-13-31(14-15-33(25)26)18-20-10-11-24-22(16-20)21-8-6-7-9-23(21)32(24)5-2/h6-11,16,19H,4-5,12-15,17-18H2,1-3H3,(H,28,34). The van der Waals surface area contributed by atoms with Crippen LogP contribution in [-0.4, -0.2) is 43.2 Å². The highest BCUT2D eigenvalue weighted by molar-refractivity contribution is 6.08. The first kappa shape index (κ1) is 22.6. The molecule has 0 saturated carbocycles. The van der Waals surface area contributed by atoms with E-state index in [0.29, 0.717) is 6.54 Å². The molecule has 1 amide bonds. The first-order valence-electron chi connectivity index (χ1n) is 12.5. The highest BCUT2D eigenvalue weighted by Crippen LogP contribution is 2.30. The zero-order valence-corrected chi connectivity index (χ0v) is 20.4. The Hall–Kier alpha value is -3.19. The third-order valence-corrected chi connectivity index (χ3v) is 7.24. The van der Waals surface area contributed by atoms with E-state index in [1.54, 1.807) is 0 Å². The smallest absolute Gasteiger partial charge is 0.223 e. The number of nitrogens with zero attached hydrogens (tertiary/aromatic N) is 5. The number of para-hydroxylation sites is 1. The average molecular weight is 459 g/mol. The molecule has 1 N–H and O–H groups in total. The van der Waals surface area contributed by atoms with E-state index in [1.807, 2.05) is 13.8 Å². The molecule has 0 aliphatic carbocycles. The molecule has 0 bridgehead atoms. The molecule has 0 saturated heterocycles. The van der Waals surface area contributed by atoms with Crippen LogP contribution in [0.4, 0.5) is 0 Å². The Morgan fingerprint density at radius 2 is 1.85 bits per heavy atom. The first-order chi connectivity index (χ1) is 16.6. The summed E-state index contributed by atoms with van der Waals surface area (Å²) in [5.41, 5.74) is 3.95. The van der Waals surface area contributed by atoms with Crippen LogP contribution in [0.3, 0.4) is 0 Å². The molecule has 0 spiro atoms. The molecule has 178 valence electrons. The van der Waals surface area contributed by atoms with Crippen LogP contribution >= 0.6 is 0 Å². The fourth-order valence-electron chi connectivity index (χ4n) is 5.04. The molecule has 1 unspecified atom stereocenters. The van der Waals surface area contributed by atoms with Gasteiger partial charge in [0.1, 0.15) is 5.82 Å². The number of carbonyl (C=O) groups excluding carboxylic acids is 1. The average Bonchev–Trinajstić information content (AvgIpc) is 3.33. The predicted octanol–water partition coefficient (Wildman–Crippen LogP) is 4.13. The molecule has 1 aliphatic heterocycles. The van der Waals surface area contributed by atoms with Gasteiger partial charge in [-0.1, -0.05) is 38.1 Å². The molecule has 1 atom stereocenters. The number of nitrogens with one attached hydrogen (secondary N) is 1. The van der Waals surface area contributed by atoms with Gasteiger partial charge in [-0.15, -0.1) is 10.2 Å². The lowest BCUT2D eigenvalue weighted by molar-refractivity contribution is -0.124. The molecule has 7 nitrogen and oxygen atoms in total. The Balaban J connectivity index is 1.29. The van der Waals surface area contributed by atoms with Crippen LogP contribution in [0.15, 0.2) is 42.5 Å². The molecule has 3 heterocycles. The van der Waals surface area contributed by atoms with Gasteiger partial charge in [0, 0.05) is 66.9 Å². The van der Waals surface area contributed by atoms with E-state index in [4.69, 9.17) is 0 Å². The second-order valence-electron chi connectivity index (χ2n) is 9.35. The van der Waals surface area contributed by atoms with E-state index in [1.165, 1.54) is 27.4 Å². The van der Waals surface area contributed by atoms with Crippen LogP contribution in [0.25, 0.3) is 21.8 Å². The molecule has 0 radical (unpaired) electrons. The highest BCUT2D eigenvalue weighted by atomic mass is 16.1. The summed E-state index contributed by atoms with van der Waals surface area (Å²) in [6.07, 6.45) is 1.70. The van der Waals surface area contributed by atoms with Gasteiger partial charge in [-0.25, -0.2) is 0 Å². The number of benzene rings is 2. The van der Waals surface area contributed by atoms with Gasteiger partial charge in [0.05, 0.1) is 6.54 Å². The van der Waals surface area contributed by atoms with Gasteiger partial charge in [-0.3, -0.25) is 9.69 Å². The summed E-state index contributed by atoms with van der Waals surface area (Å²) in [7, 11) is 0. The van der Waals surface area contributed by atoms with Crippen molar-refractivity contribution >= 4 is 27.7 Å². The van der Waals surface area contributed by atoms with Gasteiger partial charge in [0.25, 0.3) is 0 Å². The fraction of sp³-hybridized carbons (Fsp3) is 0.444. The lowest BCUT2D eigenvalue weighted by Gasteiger charge is -2.20. The van der Waals surface area contributed by atoms with Crippen molar-refractivity contribution in [3.05, 3.63) is 59.7 Å². The minimum atomic E-state index is 0.0192. The summed E-state index contributed by atoms with van der Waals surface area (Å²) in [5, 5.41) is 14.5. The summed E-state index contributed by atoms with van der Waals surface area (Å²) in [6, 6.07) is 15.6. The van der Waals surface area contributed by atoms with Crippen LogP contribution in [0.1, 0.15) is 44.4 Å². The molecule has 0 fully saturated rings. The summed E-state index contributed by atoms with van der Waals surface area (Å²) in [5.74, 6) is 1.96. The molecule has 1 aliphatic rings. The molecule has 4 aromatic rings. The second-order valence-corrected chi connectivity index (χ2v) is 9.35. The maximum absolute atomic E-state index is 12.2. The van der Waals surface area contributed by atoms with Crippen molar-refractivity contribution in [2.45, 2.75) is 59.8 Å². The molecule has 2 aromatic carbocycles. The maximum Gasteiger partial charge on any atom is 0.223 e. The molecular formula is C27H34N6O. The van der Waals surface area contributed by atoms with Crippen LogP contribution < -0.4 is 5.32 Å². The summed E-state index contributed by atoms with van der Waals surface area (Å²) in [6.45, 7) is 11.2. The molecule has 34 heavy (non-hydrogen) atoms. The van der Waals surface area contributed by atoms with E-state index in [2.05, 4.69) is 78.9 Å². The molecule has 2 aromatic heterocycles. The highest BCUT2D eigenvalue weighted by Gasteiger charge is 2.20. The summed E-state index contributed by atoms with van der Waals surface area (Å²) in [4.78, 5) is 14.7. The number of hydrogen-bond donors (Lipinski definition) is 1. The number of aromatic nitrogens is 4. The Morgan fingerprint density at radius 3 is 2.68 bits per heavy atom. The maximum atomic E-state index is 12.2. The topological polar surface area (TPSA) is 68.0 Å². The van der Waals surface area contributed by atoms with Gasteiger partial charge >= 0.3 is 0 Å². The number of fused-ring (bicyclic) bond motifs is 4. The van der Waals surface area contributed by atoms with Crippen molar-refractivity contribution < 1.29 is 4.79 Å². The summed E-state index contributed by atoms with van der Waals surface area (Å²) < 4.78 is 4.59. The quantitative estimate of drug-likeness (QED) is 0.452. The SMILES string of the molecule is CCC(C)C(=O)NCc1nnc2n1CCN(Cc1ccc3c(c1)c1ccccc1n3CC)CC2. The summed E-state index contributed by atoms with van der Waals surface area (Å²) >= 11 is 0. The lowest BCUT2D eigenvalue weighted by Crippen LogP contribution is -2.30. The van der Waals surface area contributed by atoms with Gasteiger partial charge in [-0.05, 0) is 37.1 Å². The Kier molecular flexibility index (Phi) is 6.37. The Labute approximate surface area is 200 Å². The van der Waals surface area contributed by atoms with Gasteiger partial charge in [0.2, 0.25) is 5.91 Å². The molecular weight excluding hydrogens is 424 g/mol. The van der Waals surface area contributed by atoms with Gasteiger partial charge in [0.15, 0.2) is 5.82 Å². The van der Waals surface area contributed by atoms with Crippen molar-refractivity contribution in [3.8, 4) is 0 Å². The van der Waals surface area contributed by atoms with Crippen LogP contribution in [0.5, 0.6) is 0 Å².